The van der Waals surface area contributed by atoms with Gasteiger partial charge < -0.3 is 15.4 Å². The predicted octanol–water partition coefficient (Wildman–Crippen LogP) is 3.89. The van der Waals surface area contributed by atoms with Crippen molar-refractivity contribution >= 4 is 29.0 Å². The predicted molar refractivity (Wildman–Crippen MR) is 92.8 cm³/mol. The van der Waals surface area contributed by atoms with Gasteiger partial charge in [-0.2, -0.15) is 0 Å². The number of carbonyl (C=O) groups is 1. The number of aromatic nitrogens is 2. The van der Waals surface area contributed by atoms with Gasteiger partial charge in [-0.05, 0) is 36.4 Å². The van der Waals surface area contributed by atoms with Crippen molar-refractivity contribution < 1.29 is 13.9 Å². The van der Waals surface area contributed by atoms with Crippen LogP contribution in [0.4, 0.5) is 27.4 Å². The number of anilines is 4. The molecule has 3 rings (SSSR count). The van der Waals surface area contributed by atoms with Crippen molar-refractivity contribution in [3.63, 3.8) is 0 Å². The normalized spacial score (nSPS) is 10.2. The summed E-state index contributed by atoms with van der Waals surface area (Å²) in [5, 5.41) is 6.09. The number of hydrogen-bond acceptors (Lipinski definition) is 6. The first-order valence-corrected chi connectivity index (χ1v) is 7.44. The molecule has 0 saturated heterocycles. The van der Waals surface area contributed by atoms with Crippen molar-refractivity contribution in [2.45, 2.75) is 0 Å². The van der Waals surface area contributed by atoms with Crippen LogP contribution < -0.4 is 10.6 Å². The highest BCUT2D eigenvalue weighted by Crippen LogP contribution is 2.20. The fraction of sp³-hybridized carbons (Fsp3) is 0.0556. The van der Waals surface area contributed by atoms with Gasteiger partial charge in [0.2, 0.25) is 0 Å². The molecule has 0 unspecified atom stereocenters. The number of rotatable bonds is 5. The molecule has 3 aromatic rings. The van der Waals surface area contributed by atoms with E-state index < -0.39 is 5.97 Å². The molecule has 6 nitrogen and oxygen atoms in total. The summed E-state index contributed by atoms with van der Waals surface area (Å²) >= 11 is 0. The van der Waals surface area contributed by atoms with Gasteiger partial charge in [0.1, 0.15) is 23.8 Å². The quantitative estimate of drug-likeness (QED) is 0.687. The van der Waals surface area contributed by atoms with Gasteiger partial charge in [-0.1, -0.05) is 12.1 Å². The lowest BCUT2D eigenvalue weighted by Crippen LogP contribution is -2.02. The molecular weight excluding hydrogens is 323 g/mol. The number of hydrogen-bond donors (Lipinski definition) is 2. The van der Waals surface area contributed by atoms with E-state index in [4.69, 9.17) is 4.74 Å². The second kappa shape index (κ2) is 7.39. The molecule has 0 aliphatic heterocycles. The summed E-state index contributed by atoms with van der Waals surface area (Å²) in [7, 11) is 1.33. The van der Waals surface area contributed by atoms with Crippen molar-refractivity contribution in [2.75, 3.05) is 17.7 Å². The Morgan fingerprint density at radius 3 is 2.24 bits per heavy atom. The van der Waals surface area contributed by atoms with E-state index in [2.05, 4.69) is 20.6 Å². The molecule has 0 fully saturated rings. The average molecular weight is 338 g/mol. The van der Waals surface area contributed by atoms with E-state index >= 15 is 0 Å². The SMILES string of the molecule is COC(=O)c1cccc(Nc2cc(Nc3cccc(F)c3)ncn2)c1. The van der Waals surface area contributed by atoms with Crippen LogP contribution in [0.2, 0.25) is 0 Å². The Morgan fingerprint density at radius 2 is 1.60 bits per heavy atom. The van der Waals surface area contributed by atoms with E-state index in [1.54, 1.807) is 42.5 Å². The van der Waals surface area contributed by atoms with Gasteiger partial charge in [0.05, 0.1) is 12.7 Å². The first-order valence-electron chi connectivity index (χ1n) is 7.44. The Labute approximate surface area is 143 Å². The number of nitrogens with zero attached hydrogens (tertiary/aromatic N) is 2. The van der Waals surface area contributed by atoms with Gasteiger partial charge in [0, 0.05) is 17.4 Å². The summed E-state index contributed by atoms with van der Waals surface area (Å²) < 4.78 is 17.9. The fourth-order valence-electron chi connectivity index (χ4n) is 2.20. The van der Waals surface area contributed by atoms with Gasteiger partial charge in [-0.15, -0.1) is 0 Å². The van der Waals surface area contributed by atoms with Crippen LogP contribution in [0.25, 0.3) is 0 Å². The van der Waals surface area contributed by atoms with Crippen LogP contribution in [-0.4, -0.2) is 23.0 Å². The highest BCUT2D eigenvalue weighted by molar-refractivity contribution is 5.90. The lowest BCUT2D eigenvalue weighted by Gasteiger charge is -2.09. The van der Waals surface area contributed by atoms with Crippen LogP contribution in [-0.2, 0) is 4.74 Å². The molecule has 0 amide bonds. The highest BCUT2D eigenvalue weighted by Gasteiger charge is 2.06. The molecule has 0 aliphatic carbocycles. The van der Waals surface area contributed by atoms with Crippen LogP contribution >= 0.6 is 0 Å². The first-order chi connectivity index (χ1) is 12.1. The number of benzene rings is 2. The summed E-state index contributed by atoms with van der Waals surface area (Å²) in [6.07, 6.45) is 1.38. The van der Waals surface area contributed by atoms with Crippen LogP contribution in [0, 0.1) is 5.82 Å². The molecule has 0 bridgehead atoms. The zero-order valence-corrected chi connectivity index (χ0v) is 13.4. The third kappa shape index (κ3) is 4.29. The van der Waals surface area contributed by atoms with Crippen molar-refractivity contribution in [1.82, 2.24) is 9.97 Å². The molecule has 1 heterocycles. The van der Waals surface area contributed by atoms with E-state index in [-0.39, 0.29) is 5.82 Å². The molecule has 2 N–H and O–H groups in total. The molecule has 2 aromatic carbocycles. The third-order valence-electron chi connectivity index (χ3n) is 3.32. The molecule has 0 radical (unpaired) electrons. The zero-order valence-electron chi connectivity index (χ0n) is 13.4. The molecule has 25 heavy (non-hydrogen) atoms. The topological polar surface area (TPSA) is 76.1 Å². The summed E-state index contributed by atoms with van der Waals surface area (Å²) in [5.41, 5.74) is 1.69. The summed E-state index contributed by atoms with van der Waals surface area (Å²) in [4.78, 5) is 19.8. The van der Waals surface area contributed by atoms with Crippen LogP contribution in [0.5, 0.6) is 0 Å². The van der Waals surface area contributed by atoms with E-state index in [0.717, 1.165) is 0 Å². The van der Waals surface area contributed by atoms with E-state index in [1.165, 1.54) is 25.6 Å². The third-order valence-corrected chi connectivity index (χ3v) is 3.32. The number of halogens is 1. The molecule has 0 atom stereocenters. The fourth-order valence-corrected chi connectivity index (χ4v) is 2.20. The monoisotopic (exact) mass is 338 g/mol. The van der Waals surface area contributed by atoms with Gasteiger partial charge in [-0.3, -0.25) is 0 Å². The van der Waals surface area contributed by atoms with E-state index in [1.807, 2.05) is 0 Å². The lowest BCUT2D eigenvalue weighted by atomic mass is 10.2. The first kappa shape index (κ1) is 16.4. The highest BCUT2D eigenvalue weighted by atomic mass is 19.1. The van der Waals surface area contributed by atoms with Crippen LogP contribution in [0.1, 0.15) is 10.4 Å². The van der Waals surface area contributed by atoms with E-state index in [0.29, 0.717) is 28.6 Å². The smallest absolute Gasteiger partial charge is 0.337 e. The number of nitrogens with one attached hydrogen (secondary N) is 2. The Kier molecular flexibility index (Phi) is 4.84. The number of esters is 1. The van der Waals surface area contributed by atoms with Crippen molar-refractivity contribution in [1.29, 1.82) is 0 Å². The van der Waals surface area contributed by atoms with Gasteiger partial charge in [0.15, 0.2) is 0 Å². The van der Waals surface area contributed by atoms with Crippen LogP contribution in [0.15, 0.2) is 60.9 Å². The molecule has 1 aromatic heterocycles. The van der Waals surface area contributed by atoms with Crippen molar-refractivity contribution in [3.05, 3.63) is 72.3 Å². The Hall–Kier alpha value is -3.48. The molecule has 0 spiro atoms. The number of ether oxygens (including phenoxy) is 1. The van der Waals surface area contributed by atoms with Crippen molar-refractivity contribution in [3.8, 4) is 0 Å². The molecule has 126 valence electrons. The Morgan fingerprint density at radius 1 is 0.960 bits per heavy atom. The molecule has 0 aliphatic rings. The Balaban J connectivity index is 1.77. The van der Waals surface area contributed by atoms with Crippen LogP contribution in [0.3, 0.4) is 0 Å². The molecule has 7 heteroatoms. The number of carbonyl (C=O) groups excluding carboxylic acids is 1. The summed E-state index contributed by atoms with van der Waals surface area (Å²) in [5.74, 6) is 0.278. The van der Waals surface area contributed by atoms with Crippen molar-refractivity contribution in [2.24, 2.45) is 0 Å². The Bertz CT molecular complexity index is 902. The van der Waals surface area contributed by atoms with Gasteiger partial charge in [0.25, 0.3) is 0 Å². The van der Waals surface area contributed by atoms with Gasteiger partial charge in [-0.25, -0.2) is 19.2 Å². The largest absolute Gasteiger partial charge is 0.465 e. The molecule has 0 saturated carbocycles. The second-order valence-electron chi connectivity index (χ2n) is 5.12. The standard InChI is InChI=1S/C18H15FN4O2/c1-25-18(24)12-4-2-6-14(8-12)22-16-10-17(21-11-20-16)23-15-7-3-5-13(19)9-15/h2-11H,1H3,(H2,20,21,22,23). The average Bonchev–Trinajstić information content (AvgIpc) is 2.61. The van der Waals surface area contributed by atoms with E-state index in [9.17, 15) is 9.18 Å². The maximum absolute atomic E-state index is 13.2. The minimum absolute atomic E-state index is 0.336. The summed E-state index contributed by atoms with van der Waals surface area (Å²) in [6.45, 7) is 0. The minimum atomic E-state index is -0.417. The lowest BCUT2D eigenvalue weighted by molar-refractivity contribution is 0.0601. The maximum atomic E-state index is 13.2. The minimum Gasteiger partial charge on any atom is -0.465 e. The summed E-state index contributed by atoms with van der Waals surface area (Å²) in [6, 6.07) is 14.6. The number of methoxy groups -OCH3 is 1. The van der Waals surface area contributed by atoms with Gasteiger partial charge >= 0.3 is 5.97 Å². The zero-order chi connectivity index (χ0) is 17.6. The second-order valence-corrected chi connectivity index (χ2v) is 5.12. The maximum Gasteiger partial charge on any atom is 0.337 e. The molecular formula is C18H15FN4O2.